The Morgan fingerprint density at radius 2 is 1.34 bits per heavy atom. The van der Waals surface area contributed by atoms with Crippen LogP contribution in [0.3, 0.4) is 0 Å². The summed E-state index contributed by atoms with van der Waals surface area (Å²) < 4.78 is 48.0. The van der Waals surface area contributed by atoms with Crippen molar-refractivity contribution < 1.29 is 31.9 Å². The molecule has 154 valence electrons. The SMILES string of the molecule is COc1ccc(-c2n[nH]nc2-c2cc(OC)c(OC)c(OC)c2)cc1OS(=O)[O-]. The fourth-order valence-corrected chi connectivity index (χ4v) is 3.09. The Bertz CT molecular complexity index is 1010. The molecule has 0 spiro atoms. The van der Waals surface area contributed by atoms with Crippen LogP contribution in [0.25, 0.3) is 22.5 Å². The van der Waals surface area contributed by atoms with Gasteiger partial charge in [-0.25, -0.2) is 4.21 Å². The van der Waals surface area contributed by atoms with E-state index < -0.39 is 11.4 Å². The van der Waals surface area contributed by atoms with Crippen molar-refractivity contribution in [3.63, 3.8) is 0 Å². The number of nitrogens with one attached hydrogen (secondary N) is 1. The van der Waals surface area contributed by atoms with Gasteiger partial charge in [-0.3, -0.25) is 0 Å². The molecule has 3 aromatic rings. The standard InChI is InChI=1S/C18H19N3O7S/c1-24-12-6-5-10(7-13(12)28-29(22)23)16-17(20-21-19-16)11-8-14(25-2)18(27-4)15(9-11)26-3/h5-9H,1-4H3,(H,22,23)(H,19,20,21)/p-1. The van der Waals surface area contributed by atoms with E-state index >= 15 is 0 Å². The van der Waals surface area contributed by atoms with Gasteiger partial charge in [0.2, 0.25) is 5.75 Å². The first kappa shape index (κ1) is 20.4. The number of benzene rings is 2. The summed E-state index contributed by atoms with van der Waals surface area (Å²) in [5, 5.41) is 11.0. The number of ether oxygens (including phenoxy) is 4. The van der Waals surface area contributed by atoms with Crippen molar-refractivity contribution in [3.05, 3.63) is 30.3 Å². The van der Waals surface area contributed by atoms with E-state index in [1.165, 1.54) is 34.5 Å². The molecule has 1 unspecified atom stereocenters. The van der Waals surface area contributed by atoms with Crippen LogP contribution in [0.1, 0.15) is 0 Å². The van der Waals surface area contributed by atoms with Crippen LogP contribution < -0.4 is 23.1 Å². The molecule has 10 nitrogen and oxygen atoms in total. The molecule has 29 heavy (non-hydrogen) atoms. The predicted octanol–water partition coefficient (Wildman–Crippen LogP) is 2.35. The summed E-state index contributed by atoms with van der Waals surface area (Å²) in [5.74, 6) is 1.64. The third-order valence-electron chi connectivity index (χ3n) is 4.08. The molecule has 1 aromatic heterocycles. The van der Waals surface area contributed by atoms with Gasteiger partial charge in [-0.15, -0.1) is 0 Å². The summed E-state index contributed by atoms with van der Waals surface area (Å²) in [4.78, 5) is 0. The first-order valence-corrected chi connectivity index (χ1v) is 9.19. The summed E-state index contributed by atoms with van der Waals surface area (Å²) in [6.07, 6.45) is 0. The highest BCUT2D eigenvalue weighted by Crippen LogP contribution is 2.43. The van der Waals surface area contributed by atoms with Crippen molar-refractivity contribution in [3.8, 4) is 51.3 Å². The Morgan fingerprint density at radius 1 is 0.793 bits per heavy atom. The van der Waals surface area contributed by atoms with Crippen molar-refractivity contribution in [1.29, 1.82) is 0 Å². The molecule has 0 saturated carbocycles. The van der Waals surface area contributed by atoms with Gasteiger partial charge in [0.15, 0.2) is 23.0 Å². The van der Waals surface area contributed by atoms with Crippen LogP contribution in [-0.4, -0.2) is 52.6 Å². The minimum atomic E-state index is -2.76. The quantitative estimate of drug-likeness (QED) is 0.546. The van der Waals surface area contributed by atoms with Gasteiger partial charge in [0.05, 0.1) is 28.4 Å². The second-order valence-electron chi connectivity index (χ2n) is 5.59. The molecule has 0 aliphatic heterocycles. The van der Waals surface area contributed by atoms with Gasteiger partial charge in [-0.1, -0.05) is 0 Å². The fourth-order valence-electron chi connectivity index (χ4n) is 2.81. The highest BCUT2D eigenvalue weighted by atomic mass is 32.2. The second-order valence-corrected chi connectivity index (χ2v) is 6.16. The average molecular weight is 420 g/mol. The van der Waals surface area contributed by atoms with Crippen LogP contribution in [0.15, 0.2) is 30.3 Å². The number of hydrogen-bond acceptors (Lipinski definition) is 9. The number of aromatic nitrogens is 3. The highest BCUT2D eigenvalue weighted by Gasteiger charge is 2.20. The second kappa shape index (κ2) is 8.80. The fraction of sp³-hybridized carbons (Fsp3) is 0.222. The van der Waals surface area contributed by atoms with Gasteiger partial charge >= 0.3 is 0 Å². The molecule has 0 saturated heterocycles. The van der Waals surface area contributed by atoms with Crippen LogP contribution in [-0.2, 0) is 11.4 Å². The molecule has 0 radical (unpaired) electrons. The summed E-state index contributed by atoms with van der Waals surface area (Å²) in [6.45, 7) is 0. The Kier molecular flexibility index (Phi) is 6.20. The zero-order valence-electron chi connectivity index (χ0n) is 16.0. The van der Waals surface area contributed by atoms with E-state index in [1.807, 2.05) is 0 Å². The number of methoxy groups -OCH3 is 4. The van der Waals surface area contributed by atoms with Crippen LogP contribution in [0.2, 0.25) is 0 Å². The molecule has 0 aliphatic carbocycles. The summed E-state index contributed by atoms with van der Waals surface area (Å²) in [5.41, 5.74) is 2.16. The largest absolute Gasteiger partial charge is 0.740 e. The molecule has 2 aromatic carbocycles. The molecule has 0 amide bonds. The van der Waals surface area contributed by atoms with Crippen molar-refractivity contribution >= 4 is 11.4 Å². The van der Waals surface area contributed by atoms with E-state index in [0.29, 0.717) is 39.8 Å². The van der Waals surface area contributed by atoms with Crippen molar-refractivity contribution in [2.75, 3.05) is 28.4 Å². The Hall–Kier alpha value is -3.31. The number of hydrogen-bond donors (Lipinski definition) is 1. The lowest BCUT2D eigenvalue weighted by Gasteiger charge is -2.14. The third-order valence-corrected chi connectivity index (χ3v) is 4.40. The lowest BCUT2D eigenvalue weighted by molar-refractivity contribution is 0.324. The molecule has 11 heteroatoms. The smallest absolute Gasteiger partial charge is 0.203 e. The predicted molar refractivity (Wildman–Crippen MR) is 103 cm³/mol. The highest BCUT2D eigenvalue weighted by molar-refractivity contribution is 7.74. The van der Waals surface area contributed by atoms with E-state index in [0.717, 1.165) is 0 Å². The third kappa shape index (κ3) is 4.10. The van der Waals surface area contributed by atoms with Gasteiger partial charge in [0.1, 0.15) is 22.7 Å². The van der Waals surface area contributed by atoms with Gasteiger partial charge < -0.3 is 27.7 Å². The first-order chi connectivity index (χ1) is 14.0. The lowest BCUT2D eigenvalue weighted by Crippen LogP contribution is -2.00. The molecule has 0 bridgehead atoms. The zero-order chi connectivity index (χ0) is 21.0. The van der Waals surface area contributed by atoms with Crippen LogP contribution >= 0.6 is 0 Å². The van der Waals surface area contributed by atoms with E-state index in [-0.39, 0.29) is 11.5 Å². The summed E-state index contributed by atoms with van der Waals surface area (Å²) >= 11 is -2.76. The van der Waals surface area contributed by atoms with Crippen LogP contribution in [0.4, 0.5) is 0 Å². The molecule has 1 atom stereocenters. The Labute approximate surface area is 169 Å². The normalized spacial score (nSPS) is 11.6. The van der Waals surface area contributed by atoms with Gasteiger partial charge in [-0.05, 0) is 30.3 Å². The molecule has 1 heterocycles. The van der Waals surface area contributed by atoms with E-state index in [9.17, 15) is 8.76 Å². The van der Waals surface area contributed by atoms with Crippen molar-refractivity contribution in [2.24, 2.45) is 0 Å². The Morgan fingerprint density at radius 3 is 1.86 bits per heavy atom. The molecule has 3 rings (SSSR count). The monoisotopic (exact) mass is 420 g/mol. The minimum Gasteiger partial charge on any atom is -0.740 e. The molecule has 0 aliphatic rings. The van der Waals surface area contributed by atoms with Crippen molar-refractivity contribution in [1.82, 2.24) is 15.4 Å². The minimum absolute atomic E-state index is 0.0252. The van der Waals surface area contributed by atoms with Gasteiger partial charge in [0, 0.05) is 11.1 Å². The molecular weight excluding hydrogens is 402 g/mol. The van der Waals surface area contributed by atoms with Crippen LogP contribution in [0, 0.1) is 0 Å². The molecule has 0 fully saturated rings. The van der Waals surface area contributed by atoms with Gasteiger partial charge in [0.25, 0.3) is 0 Å². The first-order valence-electron chi connectivity index (χ1n) is 8.19. The van der Waals surface area contributed by atoms with Crippen molar-refractivity contribution in [2.45, 2.75) is 0 Å². The summed E-state index contributed by atoms with van der Waals surface area (Å²) in [7, 11) is 5.95. The van der Waals surface area contributed by atoms with E-state index in [1.54, 1.807) is 24.3 Å². The number of rotatable bonds is 8. The number of nitrogens with zero attached hydrogens (tertiary/aromatic N) is 2. The summed E-state index contributed by atoms with van der Waals surface area (Å²) in [6, 6.07) is 8.24. The average Bonchev–Trinajstić information content (AvgIpc) is 3.22. The number of aromatic amines is 1. The maximum absolute atomic E-state index is 11.0. The zero-order valence-corrected chi connectivity index (χ0v) is 16.9. The topological polar surface area (TPSA) is 128 Å². The Balaban J connectivity index is 2.12. The maximum atomic E-state index is 11.0. The van der Waals surface area contributed by atoms with Crippen LogP contribution in [0.5, 0.6) is 28.7 Å². The van der Waals surface area contributed by atoms with Gasteiger partial charge in [-0.2, -0.15) is 15.4 Å². The number of H-pyrrole nitrogens is 1. The molecule has 1 N–H and O–H groups in total. The lowest BCUT2D eigenvalue weighted by atomic mass is 10.0. The maximum Gasteiger partial charge on any atom is 0.203 e. The molecular formula is C18H18N3O7S-. The van der Waals surface area contributed by atoms with E-state index in [2.05, 4.69) is 15.4 Å². The van der Waals surface area contributed by atoms with E-state index in [4.69, 9.17) is 23.1 Å².